The van der Waals surface area contributed by atoms with E-state index >= 15 is 0 Å². The quantitative estimate of drug-likeness (QED) is 0.709. The number of anilines is 2. The molecule has 1 aromatic carbocycles. The molecule has 2 aromatic heterocycles. The smallest absolute Gasteiger partial charge is 0.254 e. The van der Waals surface area contributed by atoms with E-state index in [-0.39, 0.29) is 5.91 Å². The monoisotopic (exact) mass is 373 g/mol. The number of carbonyl (C=O) groups excluding carboxylic acids is 1. The van der Waals surface area contributed by atoms with E-state index in [0.717, 1.165) is 5.69 Å². The second-order valence-electron chi connectivity index (χ2n) is 5.05. The van der Waals surface area contributed by atoms with E-state index in [9.17, 15) is 4.79 Å². The Labute approximate surface area is 154 Å². The van der Waals surface area contributed by atoms with E-state index in [1.807, 2.05) is 18.2 Å². The maximum atomic E-state index is 12.1. The Hall–Kier alpha value is -2.70. The van der Waals surface area contributed by atoms with Crippen molar-refractivity contribution in [2.75, 3.05) is 5.32 Å². The van der Waals surface area contributed by atoms with Gasteiger partial charge in [0.15, 0.2) is 0 Å². The topological polar surface area (TPSA) is 79.8 Å². The summed E-state index contributed by atoms with van der Waals surface area (Å²) in [6.07, 6.45) is 4.54. The van der Waals surface area contributed by atoms with E-state index in [0.29, 0.717) is 33.8 Å². The molecule has 0 radical (unpaired) electrons. The molecule has 0 aliphatic heterocycles. The van der Waals surface area contributed by atoms with Gasteiger partial charge in [-0.1, -0.05) is 29.3 Å². The molecule has 0 aliphatic carbocycles. The summed E-state index contributed by atoms with van der Waals surface area (Å²) < 4.78 is 0. The third-order valence-corrected chi connectivity index (χ3v) is 3.81. The van der Waals surface area contributed by atoms with E-state index in [4.69, 9.17) is 23.2 Å². The fraction of sp³-hybridized carbons (Fsp3) is 0.0588. The van der Waals surface area contributed by atoms with Gasteiger partial charge >= 0.3 is 0 Å². The van der Waals surface area contributed by atoms with Crippen LogP contribution in [-0.4, -0.2) is 20.9 Å². The summed E-state index contributed by atoms with van der Waals surface area (Å²) in [7, 11) is 0. The lowest BCUT2D eigenvalue weighted by Crippen LogP contribution is -2.23. The van der Waals surface area contributed by atoms with Crippen LogP contribution < -0.4 is 10.6 Å². The van der Waals surface area contributed by atoms with Crippen molar-refractivity contribution in [1.29, 1.82) is 0 Å². The van der Waals surface area contributed by atoms with Gasteiger partial charge in [-0.15, -0.1) is 0 Å². The third kappa shape index (κ3) is 4.65. The number of nitrogens with one attached hydrogen (secondary N) is 2. The molecule has 0 spiro atoms. The van der Waals surface area contributed by atoms with E-state index in [1.165, 1.54) is 12.4 Å². The van der Waals surface area contributed by atoms with E-state index < -0.39 is 0 Å². The zero-order valence-corrected chi connectivity index (χ0v) is 14.4. The van der Waals surface area contributed by atoms with Crippen LogP contribution in [-0.2, 0) is 6.54 Å². The lowest BCUT2D eigenvalue weighted by molar-refractivity contribution is 0.0949. The maximum Gasteiger partial charge on any atom is 0.254 e. The lowest BCUT2D eigenvalue weighted by Gasteiger charge is -2.08. The molecule has 2 heterocycles. The van der Waals surface area contributed by atoms with Gasteiger partial charge in [-0.3, -0.25) is 9.78 Å². The Balaban J connectivity index is 1.63. The number of hydrogen-bond donors (Lipinski definition) is 2. The van der Waals surface area contributed by atoms with Crippen molar-refractivity contribution in [3.05, 3.63) is 76.3 Å². The van der Waals surface area contributed by atoms with Gasteiger partial charge in [-0.05, 0) is 30.3 Å². The molecular weight excluding hydrogens is 361 g/mol. The van der Waals surface area contributed by atoms with Crippen molar-refractivity contribution < 1.29 is 4.79 Å². The SMILES string of the molecule is O=C(NCc1ccccn1)c1cnc(Nc2cc(Cl)ccc2Cl)nc1. The molecule has 2 N–H and O–H groups in total. The molecule has 126 valence electrons. The second-order valence-corrected chi connectivity index (χ2v) is 5.89. The Bertz CT molecular complexity index is 872. The molecule has 8 heteroatoms. The normalized spacial score (nSPS) is 10.3. The summed E-state index contributed by atoms with van der Waals surface area (Å²) in [5.41, 5.74) is 1.70. The minimum atomic E-state index is -0.280. The molecule has 0 unspecified atom stereocenters. The number of amides is 1. The number of benzene rings is 1. The molecule has 0 atom stereocenters. The molecule has 3 rings (SSSR count). The van der Waals surface area contributed by atoms with Gasteiger partial charge in [0.05, 0.1) is 28.5 Å². The summed E-state index contributed by atoms with van der Waals surface area (Å²) in [6.45, 7) is 0.331. The first kappa shape index (κ1) is 17.1. The molecular formula is C17H13Cl2N5O. The van der Waals surface area contributed by atoms with Crippen LogP contribution in [0.3, 0.4) is 0 Å². The number of rotatable bonds is 5. The highest BCUT2D eigenvalue weighted by Crippen LogP contribution is 2.27. The van der Waals surface area contributed by atoms with Crippen molar-refractivity contribution in [3.63, 3.8) is 0 Å². The van der Waals surface area contributed by atoms with Crippen LogP contribution in [0.2, 0.25) is 10.0 Å². The first-order chi connectivity index (χ1) is 12.1. The van der Waals surface area contributed by atoms with Crippen LogP contribution in [0.4, 0.5) is 11.6 Å². The molecule has 0 saturated heterocycles. The zero-order chi connectivity index (χ0) is 17.6. The number of aromatic nitrogens is 3. The Kier molecular flexibility index (Phi) is 5.42. The summed E-state index contributed by atoms with van der Waals surface area (Å²) >= 11 is 12.0. The van der Waals surface area contributed by atoms with Crippen LogP contribution in [0.15, 0.2) is 55.0 Å². The van der Waals surface area contributed by atoms with Crippen LogP contribution in [0.5, 0.6) is 0 Å². The highest BCUT2D eigenvalue weighted by Gasteiger charge is 2.08. The number of nitrogens with zero attached hydrogens (tertiary/aromatic N) is 3. The van der Waals surface area contributed by atoms with Crippen molar-refractivity contribution in [1.82, 2.24) is 20.3 Å². The summed E-state index contributed by atoms with van der Waals surface area (Å²) in [4.78, 5) is 24.5. The largest absolute Gasteiger partial charge is 0.346 e. The van der Waals surface area contributed by atoms with Gasteiger partial charge in [0.25, 0.3) is 5.91 Å². The Morgan fingerprint density at radius 1 is 1.04 bits per heavy atom. The zero-order valence-electron chi connectivity index (χ0n) is 12.9. The third-order valence-electron chi connectivity index (χ3n) is 3.25. The average molecular weight is 374 g/mol. The van der Waals surface area contributed by atoms with Crippen molar-refractivity contribution >= 4 is 40.7 Å². The Morgan fingerprint density at radius 2 is 1.84 bits per heavy atom. The fourth-order valence-corrected chi connectivity index (χ4v) is 2.34. The fourth-order valence-electron chi connectivity index (χ4n) is 2.00. The van der Waals surface area contributed by atoms with Gasteiger partial charge in [0, 0.05) is 23.6 Å². The summed E-state index contributed by atoms with van der Waals surface area (Å²) in [5, 5.41) is 6.75. The van der Waals surface area contributed by atoms with Gasteiger partial charge in [0.1, 0.15) is 0 Å². The van der Waals surface area contributed by atoms with Crippen LogP contribution in [0, 0.1) is 0 Å². The molecule has 0 fully saturated rings. The van der Waals surface area contributed by atoms with E-state index in [1.54, 1.807) is 24.4 Å². The molecule has 25 heavy (non-hydrogen) atoms. The minimum absolute atomic E-state index is 0.280. The van der Waals surface area contributed by atoms with Crippen LogP contribution in [0.1, 0.15) is 16.1 Å². The Morgan fingerprint density at radius 3 is 2.56 bits per heavy atom. The highest BCUT2D eigenvalue weighted by atomic mass is 35.5. The first-order valence-corrected chi connectivity index (χ1v) is 8.09. The predicted molar refractivity (Wildman–Crippen MR) is 97.2 cm³/mol. The standard InChI is InChI=1S/C17H13Cl2N5O/c18-12-4-5-14(19)15(7-12)24-17-22-8-11(9-23-17)16(25)21-10-13-3-1-2-6-20-13/h1-9H,10H2,(H,21,25)(H,22,23,24). The minimum Gasteiger partial charge on any atom is -0.346 e. The van der Waals surface area contributed by atoms with Gasteiger partial charge in [-0.25, -0.2) is 9.97 Å². The summed E-state index contributed by atoms with van der Waals surface area (Å²) in [6, 6.07) is 10.5. The highest BCUT2D eigenvalue weighted by molar-refractivity contribution is 6.35. The maximum absolute atomic E-state index is 12.1. The summed E-state index contributed by atoms with van der Waals surface area (Å²) in [5.74, 6) is 0.0310. The van der Waals surface area contributed by atoms with E-state index in [2.05, 4.69) is 25.6 Å². The molecule has 0 aliphatic rings. The molecule has 3 aromatic rings. The number of pyridine rings is 1. The number of halogens is 2. The predicted octanol–water partition coefficient (Wildman–Crippen LogP) is 3.85. The first-order valence-electron chi connectivity index (χ1n) is 7.34. The van der Waals surface area contributed by atoms with Gasteiger partial charge < -0.3 is 10.6 Å². The molecule has 0 saturated carbocycles. The molecule has 1 amide bonds. The van der Waals surface area contributed by atoms with Crippen LogP contribution >= 0.6 is 23.2 Å². The number of hydrogen-bond acceptors (Lipinski definition) is 5. The molecule has 0 bridgehead atoms. The van der Waals surface area contributed by atoms with Crippen LogP contribution in [0.25, 0.3) is 0 Å². The van der Waals surface area contributed by atoms with Gasteiger partial charge in [0.2, 0.25) is 5.95 Å². The van der Waals surface area contributed by atoms with Crippen molar-refractivity contribution in [3.8, 4) is 0 Å². The van der Waals surface area contributed by atoms with Crippen molar-refractivity contribution in [2.45, 2.75) is 6.54 Å². The van der Waals surface area contributed by atoms with Crippen molar-refractivity contribution in [2.24, 2.45) is 0 Å². The molecule has 6 nitrogen and oxygen atoms in total. The number of carbonyl (C=O) groups is 1. The second kappa shape index (κ2) is 7.92. The lowest BCUT2D eigenvalue weighted by atomic mass is 10.3. The average Bonchev–Trinajstić information content (AvgIpc) is 2.64. The van der Waals surface area contributed by atoms with Gasteiger partial charge in [-0.2, -0.15) is 0 Å².